The highest BCUT2D eigenvalue weighted by atomic mass is 19.1. The third-order valence-electron chi connectivity index (χ3n) is 5.64. The van der Waals surface area contributed by atoms with E-state index >= 15 is 0 Å². The third kappa shape index (κ3) is 5.50. The number of rotatable bonds is 6. The fourth-order valence-electron chi connectivity index (χ4n) is 4.04. The predicted octanol–water partition coefficient (Wildman–Crippen LogP) is 4.73. The first-order valence-corrected chi connectivity index (χ1v) is 11.2. The van der Waals surface area contributed by atoms with Crippen LogP contribution in [0.2, 0.25) is 0 Å². The lowest BCUT2D eigenvalue weighted by Crippen LogP contribution is -2.67. The Kier molecular flexibility index (Phi) is 6.79. The zero-order valence-electron chi connectivity index (χ0n) is 19.4. The van der Waals surface area contributed by atoms with E-state index in [0.29, 0.717) is 6.54 Å². The minimum atomic E-state index is -1.44. The van der Waals surface area contributed by atoms with Gasteiger partial charge in [-0.1, -0.05) is 54.6 Å². The van der Waals surface area contributed by atoms with Gasteiger partial charge in [-0.3, -0.25) is 16.0 Å². The molecule has 2 atom stereocenters. The standard InChI is InChI=1S/C27H29F2N3O2/c1-26(2,3)34-25(33)27(30-17-18-7-5-4-6-8-18)31-23(19-9-13-21(28)14-10-19)24(32-27)20-11-15-22(29)16-12-20/h4-16,23-24,30-32H,17H2,1-3H3. The number of hydrogen-bond donors (Lipinski definition) is 3. The summed E-state index contributed by atoms with van der Waals surface area (Å²) in [4.78, 5) is 13.5. The number of nitrogens with one attached hydrogen (secondary N) is 3. The molecule has 3 aromatic rings. The molecular formula is C27H29F2N3O2. The minimum Gasteiger partial charge on any atom is -0.457 e. The van der Waals surface area contributed by atoms with Crippen molar-refractivity contribution in [3.63, 3.8) is 0 Å². The van der Waals surface area contributed by atoms with Crippen molar-refractivity contribution in [1.29, 1.82) is 0 Å². The monoisotopic (exact) mass is 465 g/mol. The van der Waals surface area contributed by atoms with Crippen LogP contribution >= 0.6 is 0 Å². The summed E-state index contributed by atoms with van der Waals surface area (Å²) >= 11 is 0. The number of hydrogen-bond acceptors (Lipinski definition) is 5. The SMILES string of the molecule is CC(C)(C)OC(=O)C1(NCc2ccccc2)NC(c2ccc(F)cc2)C(c2ccc(F)cc2)N1. The van der Waals surface area contributed by atoms with Crippen molar-refractivity contribution in [2.45, 2.75) is 50.8 Å². The molecule has 1 fully saturated rings. The fraction of sp³-hybridized carbons (Fsp3) is 0.296. The van der Waals surface area contributed by atoms with Crippen LogP contribution in [0.3, 0.4) is 0 Å². The van der Waals surface area contributed by atoms with E-state index in [1.165, 1.54) is 24.3 Å². The van der Waals surface area contributed by atoms with Gasteiger partial charge in [0.2, 0.25) is 5.79 Å². The van der Waals surface area contributed by atoms with E-state index in [4.69, 9.17) is 4.74 Å². The Hall–Kier alpha value is -3.13. The van der Waals surface area contributed by atoms with Crippen molar-refractivity contribution in [1.82, 2.24) is 16.0 Å². The van der Waals surface area contributed by atoms with Crippen LogP contribution < -0.4 is 16.0 Å². The molecule has 0 aromatic heterocycles. The van der Waals surface area contributed by atoms with Gasteiger partial charge < -0.3 is 4.74 Å². The van der Waals surface area contributed by atoms with Gasteiger partial charge in [0.05, 0.1) is 12.1 Å². The summed E-state index contributed by atoms with van der Waals surface area (Å²) in [5.74, 6) is -2.67. The van der Waals surface area contributed by atoms with Crippen LogP contribution in [0.15, 0.2) is 78.9 Å². The number of carbonyl (C=O) groups is 1. The van der Waals surface area contributed by atoms with Crippen LogP contribution in [0.25, 0.3) is 0 Å². The Labute approximate surface area is 198 Å². The maximum absolute atomic E-state index is 13.6. The van der Waals surface area contributed by atoms with E-state index < -0.39 is 29.4 Å². The van der Waals surface area contributed by atoms with Gasteiger partial charge in [0.15, 0.2) is 0 Å². The molecule has 2 unspecified atom stereocenters. The van der Waals surface area contributed by atoms with E-state index in [0.717, 1.165) is 16.7 Å². The smallest absolute Gasteiger partial charge is 0.357 e. The highest BCUT2D eigenvalue weighted by Gasteiger charge is 2.52. The summed E-state index contributed by atoms with van der Waals surface area (Å²) in [6.45, 7) is 5.80. The average Bonchev–Trinajstić information content (AvgIpc) is 3.20. The third-order valence-corrected chi connectivity index (χ3v) is 5.64. The molecule has 0 spiro atoms. The molecule has 7 heteroatoms. The molecule has 1 heterocycles. The number of carbonyl (C=O) groups excluding carboxylic acids is 1. The Balaban J connectivity index is 1.73. The van der Waals surface area contributed by atoms with E-state index in [1.54, 1.807) is 45.0 Å². The molecule has 1 saturated heterocycles. The number of esters is 1. The molecule has 1 aliphatic rings. The second-order valence-electron chi connectivity index (χ2n) is 9.44. The molecule has 178 valence electrons. The molecular weight excluding hydrogens is 436 g/mol. The van der Waals surface area contributed by atoms with Gasteiger partial charge in [0, 0.05) is 6.54 Å². The molecule has 0 aliphatic carbocycles. The van der Waals surface area contributed by atoms with Crippen molar-refractivity contribution < 1.29 is 18.3 Å². The first kappa shape index (κ1) is 24.0. The van der Waals surface area contributed by atoms with Crippen molar-refractivity contribution in [3.8, 4) is 0 Å². The average molecular weight is 466 g/mol. The number of ether oxygens (including phenoxy) is 1. The molecule has 4 rings (SSSR count). The molecule has 1 aliphatic heterocycles. The summed E-state index contributed by atoms with van der Waals surface area (Å²) in [7, 11) is 0. The maximum atomic E-state index is 13.6. The largest absolute Gasteiger partial charge is 0.457 e. The Morgan fingerprint density at radius 1 is 0.853 bits per heavy atom. The Morgan fingerprint density at radius 3 is 1.76 bits per heavy atom. The summed E-state index contributed by atoms with van der Waals surface area (Å²) in [6, 6.07) is 21.0. The van der Waals surface area contributed by atoms with E-state index in [9.17, 15) is 13.6 Å². The quantitative estimate of drug-likeness (QED) is 0.460. The summed E-state index contributed by atoms with van der Waals surface area (Å²) in [6.07, 6.45) is 0. The lowest BCUT2D eigenvalue weighted by atomic mass is 9.95. The van der Waals surface area contributed by atoms with Gasteiger partial charge >= 0.3 is 5.97 Å². The first-order valence-electron chi connectivity index (χ1n) is 11.2. The maximum Gasteiger partial charge on any atom is 0.357 e. The van der Waals surface area contributed by atoms with Crippen LogP contribution in [-0.2, 0) is 16.1 Å². The van der Waals surface area contributed by atoms with Crippen LogP contribution in [0.5, 0.6) is 0 Å². The Morgan fingerprint density at radius 2 is 1.32 bits per heavy atom. The molecule has 0 saturated carbocycles. The Bertz CT molecular complexity index is 1060. The molecule has 0 amide bonds. The minimum absolute atomic E-state index is 0.353. The number of halogens is 2. The zero-order chi connectivity index (χ0) is 24.3. The van der Waals surface area contributed by atoms with Gasteiger partial charge in [-0.2, -0.15) is 0 Å². The highest BCUT2D eigenvalue weighted by Crippen LogP contribution is 2.37. The van der Waals surface area contributed by atoms with Gasteiger partial charge in [0.1, 0.15) is 17.2 Å². The summed E-state index contributed by atoms with van der Waals surface area (Å²) < 4.78 is 33.1. The van der Waals surface area contributed by atoms with E-state index in [1.807, 2.05) is 30.3 Å². The fourth-order valence-corrected chi connectivity index (χ4v) is 4.04. The van der Waals surface area contributed by atoms with Gasteiger partial charge in [0.25, 0.3) is 0 Å². The topological polar surface area (TPSA) is 62.4 Å². The van der Waals surface area contributed by atoms with Crippen LogP contribution in [0.4, 0.5) is 8.78 Å². The van der Waals surface area contributed by atoms with Gasteiger partial charge in [-0.25, -0.2) is 13.6 Å². The van der Waals surface area contributed by atoms with E-state index in [-0.39, 0.29) is 11.6 Å². The molecule has 0 radical (unpaired) electrons. The lowest BCUT2D eigenvalue weighted by molar-refractivity contribution is -0.166. The second kappa shape index (κ2) is 9.62. The first-order chi connectivity index (χ1) is 16.2. The van der Waals surface area contributed by atoms with Crippen molar-refractivity contribution >= 4 is 5.97 Å². The molecule has 3 N–H and O–H groups in total. The zero-order valence-corrected chi connectivity index (χ0v) is 19.4. The van der Waals surface area contributed by atoms with Crippen LogP contribution in [-0.4, -0.2) is 17.4 Å². The molecule has 0 bridgehead atoms. The van der Waals surface area contributed by atoms with Gasteiger partial charge in [-0.15, -0.1) is 0 Å². The summed E-state index contributed by atoms with van der Waals surface area (Å²) in [5, 5.41) is 10.1. The molecule has 34 heavy (non-hydrogen) atoms. The summed E-state index contributed by atoms with van der Waals surface area (Å²) in [5.41, 5.74) is 1.81. The highest BCUT2D eigenvalue weighted by molar-refractivity contribution is 5.81. The van der Waals surface area contributed by atoms with Crippen LogP contribution in [0, 0.1) is 11.6 Å². The lowest BCUT2D eigenvalue weighted by Gasteiger charge is -2.33. The number of benzene rings is 3. The van der Waals surface area contributed by atoms with Crippen molar-refractivity contribution in [2.24, 2.45) is 0 Å². The van der Waals surface area contributed by atoms with Crippen molar-refractivity contribution in [3.05, 3.63) is 107 Å². The van der Waals surface area contributed by atoms with Gasteiger partial charge in [-0.05, 0) is 61.7 Å². The van der Waals surface area contributed by atoms with Crippen molar-refractivity contribution in [2.75, 3.05) is 0 Å². The predicted molar refractivity (Wildman–Crippen MR) is 126 cm³/mol. The normalized spacial score (nSPS) is 22.5. The second-order valence-corrected chi connectivity index (χ2v) is 9.44. The molecule has 5 nitrogen and oxygen atoms in total. The van der Waals surface area contributed by atoms with E-state index in [2.05, 4.69) is 16.0 Å². The molecule has 3 aromatic carbocycles. The van der Waals surface area contributed by atoms with Crippen LogP contribution in [0.1, 0.15) is 49.5 Å².